The van der Waals surface area contributed by atoms with Crippen LogP contribution in [0.25, 0.3) is 10.8 Å². The number of rotatable bonds is 4. The summed E-state index contributed by atoms with van der Waals surface area (Å²) in [4.78, 5) is 27.5. The summed E-state index contributed by atoms with van der Waals surface area (Å²) in [6.45, 7) is 3.46. The Balaban J connectivity index is 1.67. The van der Waals surface area contributed by atoms with Crippen molar-refractivity contribution in [2.75, 3.05) is 23.3 Å². The Bertz CT molecular complexity index is 1140. The predicted molar refractivity (Wildman–Crippen MR) is 112 cm³/mol. The van der Waals surface area contributed by atoms with Crippen molar-refractivity contribution in [1.82, 2.24) is 9.78 Å². The van der Waals surface area contributed by atoms with E-state index in [1.165, 1.54) is 0 Å². The quantitative estimate of drug-likeness (QED) is 0.712. The summed E-state index contributed by atoms with van der Waals surface area (Å²) in [6.07, 6.45) is 2.17. The van der Waals surface area contributed by atoms with E-state index >= 15 is 0 Å². The number of hydrogen-bond acceptors (Lipinski definition) is 4. The first kappa shape index (κ1) is 20.0. The Morgan fingerprint density at radius 2 is 1.87 bits per heavy atom. The van der Waals surface area contributed by atoms with Crippen molar-refractivity contribution in [3.05, 3.63) is 64.5 Å². The molecule has 0 spiro atoms. The summed E-state index contributed by atoms with van der Waals surface area (Å²) in [5.74, 6) is -1.02. The molecule has 1 aliphatic heterocycles. The second kappa shape index (κ2) is 8.22. The predicted octanol–water partition coefficient (Wildman–Crippen LogP) is 3.55. The number of nitrogens with zero attached hydrogens (tertiary/aromatic N) is 3. The standard InChI is InChI=1S/C22H22F2N4O2/c1-14-5-4-8-27(12-14)21-18-6-2-3-7-19(18)22(30)28(26-21)13-20(29)25-17-10-15(23)9-16(24)11-17/h2-3,6-7,9-11,14H,4-5,8,12-13H2,1H3,(H,25,29)/t14-/m1/s1. The van der Waals surface area contributed by atoms with Crippen LogP contribution in [-0.2, 0) is 11.3 Å². The van der Waals surface area contributed by atoms with Gasteiger partial charge in [-0.25, -0.2) is 13.5 Å². The number of benzene rings is 2. The zero-order chi connectivity index (χ0) is 21.3. The van der Waals surface area contributed by atoms with Gasteiger partial charge in [-0.05, 0) is 37.0 Å². The highest BCUT2D eigenvalue weighted by Gasteiger charge is 2.22. The van der Waals surface area contributed by atoms with E-state index in [0.717, 1.165) is 54.2 Å². The first-order valence-electron chi connectivity index (χ1n) is 9.91. The number of piperidine rings is 1. The lowest BCUT2D eigenvalue weighted by molar-refractivity contribution is -0.117. The zero-order valence-corrected chi connectivity index (χ0v) is 16.6. The van der Waals surface area contributed by atoms with Crippen molar-refractivity contribution in [3.63, 3.8) is 0 Å². The van der Waals surface area contributed by atoms with E-state index in [0.29, 0.717) is 17.1 Å². The van der Waals surface area contributed by atoms with Gasteiger partial charge in [-0.2, -0.15) is 5.10 Å². The molecule has 3 aromatic rings. The Hall–Kier alpha value is -3.29. The van der Waals surface area contributed by atoms with Gasteiger partial charge in [0, 0.05) is 30.2 Å². The number of carbonyl (C=O) groups excluding carboxylic acids is 1. The van der Waals surface area contributed by atoms with E-state index in [-0.39, 0.29) is 17.8 Å². The molecule has 8 heteroatoms. The second-order valence-electron chi connectivity index (χ2n) is 7.73. The molecular formula is C22H22F2N4O2. The van der Waals surface area contributed by atoms with Crippen molar-refractivity contribution in [3.8, 4) is 0 Å². The third-order valence-corrected chi connectivity index (χ3v) is 5.24. The Morgan fingerprint density at radius 1 is 1.17 bits per heavy atom. The van der Waals surface area contributed by atoms with E-state index < -0.39 is 17.5 Å². The molecule has 0 saturated carbocycles. The summed E-state index contributed by atoms with van der Waals surface area (Å²) >= 11 is 0. The van der Waals surface area contributed by atoms with Gasteiger partial charge in [0.25, 0.3) is 5.56 Å². The molecule has 156 valence electrons. The van der Waals surface area contributed by atoms with E-state index in [4.69, 9.17) is 0 Å². The number of carbonyl (C=O) groups is 1. The SMILES string of the molecule is C[C@@H]1CCCN(c2nn(CC(=O)Nc3cc(F)cc(F)c3)c(=O)c3ccccc23)C1. The van der Waals surface area contributed by atoms with Gasteiger partial charge in [-0.15, -0.1) is 0 Å². The first-order valence-corrected chi connectivity index (χ1v) is 9.91. The lowest BCUT2D eigenvalue weighted by atomic mass is 10.00. The number of amides is 1. The van der Waals surface area contributed by atoms with Gasteiger partial charge < -0.3 is 10.2 Å². The summed E-state index contributed by atoms with van der Waals surface area (Å²) in [5, 5.41) is 8.15. The molecule has 0 radical (unpaired) electrons. The molecule has 2 heterocycles. The normalized spacial score (nSPS) is 16.6. The summed E-state index contributed by atoms with van der Waals surface area (Å²) < 4.78 is 27.9. The number of hydrogen-bond donors (Lipinski definition) is 1. The van der Waals surface area contributed by atoms with Gasteiger partial charge in [0.05, 0.1) is 5.39 Å². The van der Waals surface area contributed by atoms with Crippen molar-refractivity contribution in [2.45, 2.75) is 26.3 Å². The van der Waals surface area contributed by atoms with Gasteiger partial charge in [0.2, 0.25) is 5.91 Å². The molecule has 0 bridgehead atoms. The molecule has 0 aliphatic carbocycles. The third kappa shape index (κ3) is 4.17. The van der Waals surface area contributed by atoms with Gasteiger partial charge in [0.1, 0.15) is 18.2 Å². The van der Waals surface area contributed by atoms with Crippen molar-refractivity contribution in [2.24, 2.45) is 5.92 Å². The Labute approximate surface area is 172 Å². The topological polar surface area (TPSA) is 67.2 Å². The van der Waals surface area contributed by atoms with Gasteiger partial charge in [-0.3, -0.25) is 9.59 Å². The maximum Gasteiger partial charge on any atom is 0.275 e. The van der Waals surface area contributed by atoms with Crippen LogP contribution in [0.5, 0.6) is 0 Å². The number of halogens is 2. The summed E-state index contributed by atoms with van der Waals surface area (Å²) in [5.41, 5.74) is -0.406. The zero-order valence-electron chi connectivity index (χ0n) is 16.6. The van der Waals surface area contributed by atoms with Crippen molar-refractivity contribution in [1.29, 1.82) is 0 Å². The molecule has 1 fully saturated rings. The molecule has 1 aliphatic rings. The highest BCUT2D eigenvalue weighted by molar-refractivity contribution is 5.93. The molecule has 1 N–H and O–H groups in total. The molecule has 2 aromatic carbocycles. The van der Waals surface area contributed by atoms with Gasteiger partial charge in [-0.1, -0.05) is 25.1 Å². The molecule has 1 saturated heterocycles. The molecule has 4 rings (SSSR count). The fourth-order valence-corrected chi connectivity index (χ4v) is 3.90. The number of nitrogens with one attached hydrogen (secondary N) is 1. The summed E-state index contributed by atoms with van der Waals surface area (Å²) in [7, 11) is 0. The molecule has 30 heavy (non-hydrogen) atoms. The van der Waals surface area contributed by atoms with Gasteiger partial charge >= 0.3 is 0 Å². The van der Waals surface area contributed by atoms with Crippen LogP contribution in [0.2, 0.25) is 0 Å². The monoisotopic (exact) mass is 412 g/mol. The van der Waals surface area contributed by atoms with E-state index in [1.807, 2.05) is 12.1 Å². The van der Waals surface area contributed by atoms with Crippen LogP contribution in [0.3, 0.4) is 0 Å². The fourth-order valence-electron chi connectivity index (χ4n) is 3.90. The fraction of sp³-hybridized carbons (Fsp3) is 0.318. The molecule has 1 atom stereocenters. The lowest BCUT2D eigenvalue weighted by Crippen LogP contribution is -2.38. The minimum atomic E-state index is -0.798. The molecular weight excluding hydrogens is 390 g/mol. The third-order valence-electron chi connectivity index (χ3n) is 5.24. The van der Waals surface area contributed by atoms with Crippen LogP contribution in [0, 0.1) is 17.6 Å². The average molecular weight is 412 g/mol. The Kier molecular flexibility index (Phi) is 5.48. The van der Waals surface area contributed by atoms with Crippen LogP contribution in [-0.4, -0.2) is 28.8 Å². The molecule has 1 aromatic heterocycles. The number of anilines is 2. The first-order chi connectivity index (χ1) is 14.4. The highest BCUT2D eigenvalue weighted by Crippen LogP contribution is 2.26. The van der Waals surface area contributed by atoms with E-state index in [2.05, 4.69) is 22.2 Å². The van der Waals surface area contributed by atoms with Crippen LogP contribution in [0.4, 0.5) is 20.3 Å². The largest absolute Gasteiger partial charge is 0.354 e. The Morgan fingerprint density at radius 3 is 2.57 bits per heavy atom. The van der Waals surface area contributed by atoms with Crippen LogP contribution < -0.4 is 15.8 Å². The maximum absolute atomic E-state index is 13.4. The number of aromatic nitrogens is 2. The molecule has 0 unspecified atom stereocenters. The number of fused-ring (bicyclic) bond motifs is 1. The smallest absolute Gasteiger partial charge is 0.275 e. The maximum atomic E-state index is 13.4. The summed E-state index contributed by atoms with van der Waals surface area (Å²) in [6, 6.07) is 9.94. The van der Waals surface area contributed by atoms with Crippen LogP contribution in [0.15, 0.2) is 47.3 Å². The molecule has 6 nitrogen and oxygen atoms in total. The van der Waals surface area contributed by atoms with Gasteiger partial charge in [0.15, 0.2) is 5.82 Å². The second-order valence-corrected chi connectivity index (χ2v) is 7.73. The minimum absolute atomic E-state index is 0.0172. The minimum Gasteiger partial charge on any atom is -0.354 e. The van der Waals surface area contributed by atoms with Crippen molar-refractivity contribution < 1.29 is 13.6 Å². The average Bonchev–Trinajstić information content (AvgIpc) is 2.69. The highest BCUT2D eigenvalue weighted by atomic mass is 19.1. The molecule has 1 amide bonds. The van der Waals surface area contributed by atoms with Crippen LogP contribution >= 0.6 is 0 Å². The lowest BCUT2D eigenvalue weighted by Gasteiger charge is -2.32. The van der Waals surface area contributed by atoms with Crippen LogP contribution in [0.1, 0.15) is 19.8 Å². The van der Waals surface area contributed by atoms with Crippen molar-refractivity contribution >= 4 is 28.2 Å². The van der Waals surface area contributed by atoms with E-state index in [1.54, 1.807) is 12.1 Å². The van der Waals surface area contributed by atoms with E-state index in [9.17, 15) is 18.4 Å².